The molecule has 0 atom stereocenters. The van der Waals surface area contributed by atoms with Crippen molar-refractivity contribution in [2.45, 2.75) is 20.4 Å². The lowest BCUT2D eigenvalue weighted by Crippen LogP contribution is -2.50. The van der Waals surface area contributed by atoms with Crippen molar-refractivity contribution in [3.05, 3.63) is 65.0 Å². The van der Waals surface area contributed by atoms with E-state index in [4.69, 9.17) is 0 Å². The fraction of sp³-hybridized carbons (Fsp3) is 0.333. The molecule has 1 saturated heterocycles. The standard InChI is InChI=1S/C21H24N4O3/c1-15-6-8-17(9-7-15)14-22-20(27)18-4-3-5-19(23-18)21(28)25-12-10-24(11-13-25)16(2)26/h3-9H,10-14H2,1-2H3,(H,22,27). The topological polar surface area (TPSA) is 82.6 Å². The van der Waals surface area contributed by atoms with Gasteiger partial charge in [-0.1, -0.05) is 35.9 Å². The quantitative estimate of drug-likeness (QED) is 0.874. The van der Waals surface area contributed by atoms with E-state index in [0.29, 0.717) is 32.7 Å². The van der Waals surface area contributed by atoms with Crippen LogP contribution in [-0.4, -0.2) is 58.7 Å². The Morgan fingerprint density at radius 3 is 2.18 bits per heavy atom. The van der Waals surface area contributed by atoms with Crippen molar-refractivity contribution >= 4 is 17.7 Å². The van der Waals surface area contributed by atoms with Gasteiger partial charge in [0.2, 0.25) is 5.91 Å². The third-order valence-electron chi connectivity index (χ3n) is 4.79. The van der Waals surface area contributed by atoms with Crippen molar-refractivity contribution in [1.29, 1.82) is 0 Å². The monoisotopic (exact) mass is 380 g/mol. The molecule has 7 heteroatoms. The van der Waals surface area contributed by atoms with Gasteiger partial charge in [-0.05, 0) is 24.6 Å². The van der Waals surface area contributed by atoms with Crippen LogP contribution >= 0.6 is 0 Å². The zero-order valence-electron chi connectivity index (χ0n) is 16.1. The maximum atomic E-state index is 12.7. The summed E-state index contributed by atoms with van der Waals surface area (Å²) in [5, 5.41) is 2.83. The minimum atomic E-state index is -0.323. The summed E-state index contributed by atoms with van der Waals surface area (Å²) in [6, 6.07) is 12.8. The van der Waals surface area contributed by atoms with Crippen LogP contribution in [0.25, 0.3) is 0 Å². The zero-order valence-corrected chi connectivity index (χ0v) is 16.1. The van der Waals surface area contributed by atoms with Crippen LogP contribution < -0.4 is 5.32 Å². The number of rotatable bonds is 4. The highest BCUT2D eigenvalue weighted by Crippen LogP contribution is 2.09. The summed E-state index contributed by atoms with van der Waals surface area (Å²) in [6.45, 7) is 5.88. The van der Waals surface area contributed by atoms with Gasteiger partial charge in [0.1, 0.15) is 11.4 Å². The molecule has 1 aliphatic heterocycles. The minimum absolute atomic E-state index is 0.0115. The number of benzene rings is 1. The molecule has 0 radical (unpaired) electrons. The molecule has 0 unspecified atom stereocenters. The van der Waals surface area contributed by atoms with Crippen molar-refractivity contribution < 1.29 is 14.4 Å². The summed E-state index contributed by atoms with van der Waals surface area (Å²) in [7, 11) is 0. The van der Waals surface area contributed by atoms with Crippen LogP contribution in [0.4, 0.5) is 0 Å². The van der Waals surface area contributed by atoms with Crippen LogP contribution in [0.2, 0.25) is 0 Å². The predicted octanol–water partition coefficient (Wildman–Crippen LogP) is 1.62. The molecule has 1 fully saturated rings. The highest BCUT2D eigenvalue weighted by atomic mass is 16.2. The van der Waals surface area contributed by atoms with Gasteiger partial charge in [-0.25, -0.2) is 4.98 Å². The van der Waals surface area contributed by atoms with Gasteiger partial charge in [0.25, 0.3) is 11.8 Å². The summed E-state index contributed by atoms with van der Waals surface area (Å²) in [6.07, 6.45) is 0. The van der Waals surface area contributed by atoms with E-state index in [9.17, 15) is 14.4 Å². The molecule has 146 valence electrons. The van der Waals surface area contributed by atoms with Gasteiger partial charge in [0.15, 0.2) is 0 Å². The van der Waals surface area contributed by atoms with Gasteiger partial charge in [0, 0.05) is 39.6 Å². The number of nitrogens with zero attached hydrogens (tertiary/aromatic N) is 3. The molecule has 0 aliphatic carbocycles. The van der Waals surface area contributed by atoms with Crippen molar-refractivity contribution in [1.82, 2.24) is 20.1 Å². The van der Waals surface area contributed by atoms with Crippen LogP contribution in [-0.2, 0) is 11.3 Å². The van der Waals surface area contributed by atoms with E-state index in [1.54, 1.807) is 28.0 Å². The Morgan fingerprint density at radius 1 is 0.929 bits per heavy atom. The van der Waals surface area contributed by atoms with Gasteiger partial charge < -0.3 is 15.1 Å². The highest BCUT2D eigenvalue weighted by Gasteiger charge is 2.24. The van der Waals surface area contributed by atoms with E-state index in [0.717, 1.165) is 11.1 Å². The average Bonchev–Trinajstić information content (AvgIpc) is 2.72. The second kappa shape index (κ2) is 8.65. The lowest BCUT2D eigenvalue weighted by atomic mass is 10.1. The smallest absolute Gasteiger partial charge is 0.272 e. The molecule has 1 aromatic carbocycles. The van der Waals surface area contributed by atoms with E-state index < -0.39 is 0 Å². The SMILES string of the molecule is CC(=O)N1CCN(C(=O)c2cccc(C(=O)NCc3ccc(C)cc3)n2)CC1. The fourth-order valence-electron chi connectivity index (χ4n) is 3.05. The van der Waals surface area contributed by atoms with Gasteiger partial charge in [-0.3, -0.25) is 14.4 Å². The number of hydrogen-bond donors (Lipinski definition) is 1. The fourth-order valence-corrected chi connectivity index (χ4v) is 3.05. The van der Waals surface area contributed by atoms with Crippen LogP contribution in [0, 0.1) is 6.92 Å². The largest absolute Gasteiger partial charge is 0.347 e. The van der Waals surface area contributed by atoms with Gasteiger partial charge in [-0.2, -0.15) is 0 Å². The van der Waals surface area contributed by atoms with E-state index in [1.165, 1.54) is 6.92 Å². The number of hydrogen-bond acceptors (Lipinski definition) is 4. The number of nitrogens with one attached hydrogen (secondary N) is 1. The first kappa shape index (κ1) is 19.5. The second-order valence-electron chi connectivity index (χ2n) is 6.87. The van der Waals surface area contributed by atoms with Gasteiger partial charge in [0.05, 0.1) is 0 Å². The molecule has 2 aromatic rings. The van der Waals surface area contributed by atoms with Crippen LogP contribution in [0.3, 0.4) is 0 Å². The summed E-state index contributed by atoms with van der Waals surface area (Å²) in [5.41, 5.74) is 2.60. The van der Waals surface area contributed by atoms with Gasteiger partial charge in [-0.15, -0.1) is 0 Å². The van der Waals surface area contributed by atoms with Crippen LogP contribution in [0.15, 0.2) is 42.5 Å². The molecule has 28 heavy (non-hydrogen) atoms. The molecule has 1 aromatic heterocycles. The Bertz CT molecular complexity index is 871. The highest BCUT2D eigenvalue weighted by molar-refractivity contribution is 5.96. The molecule has 3 rings (SSSR count). The number of aryl methyl sites for hydroxylation is 1. The molecular weight excluding hydrogens is 356 g/mol. The van der Waals surface area contributed by atoms with Gasteiger partial charge >= 0.3 is 0 Å². The lowest BCUT2D eigenvalue weighted by Gasteiger charge is -2.34. The number of aromatic nitrogens is 1. The molecule has 2 heterocycles. The maximum Gasteiger partial charge on any atom is 0.272 e. The van der Waals surface area contributed by atoms with E-state index in [1.807, 2.05) is 31.2 Å². The van der Waals surface area contributed by atoms with Crippen LogP contribution in [0.5, 0.6) is 0 Å². The first-order valence-corrected chi connectivity index (χ1v) is 9.29. The Balaban J connectivity index is 1.61. The van der Waals surface area contributed by atoms with E-state index in [-0.39, 0.29) is 29.1 Å². The summed E-state index contributed by atoms with van der Waals surface area (Å²) in [5.74, 6) is -0.537. The van der Waals surface area contributed by atoms with Crippen molar-refractivity contribution in [3.8, 4) is 0 Å². The second-order valence-corrected chi connectivity index (χ2v) is 6.87. The predicted molar refractivity (Wildman–Crippen MR) is 105 cm³/mol. The third-order valence-corrected chi connectivity index (χ3v) is 4.79. The normalized spacial score (nSPS) is 13.9. The van der Waals surface area contributed by atoms with Crippen LogP contribution in [0.1, 0.15) is 39.0 Å². The molecule has 1 N–H and O–H groups in total. The Hall–Kier alpha value is -3.22. The third kappa shape index (κ3) is 4.73. The number of piperazine rings is 1. The Labute approximate surface area is 164 Å². The Morgan fingerprint density at radius 2 is 1.54 bits per heavy atom. The molecule has 0 saturated carbocycles. The average molecular weight is 380 g/mol. The first-order valence-electron chi connectivity index (χ1n) is 9.29. The van der Waals surface area contributed by atoms with E-state index >= 15 is 0 Å². The van der Waals surface area contributed by atoms with E-state index in [2.05, 4.69) is 10.3 Å². The summed E-state index contributed by atoms with van der Waals surface area (Å²) in [4.78, 5) is 44.1. The number of pyridine rings is 1. The summed E-state index contributed by atoms with van der Waals surface area (Å²) >= 11 is 0. The lowest BCUT2D eigenvalue weighted by molar-refractivity contribution is -0.130. The zero-order chi connectivity index (χ0) is 20.1. The van der Waals surface area contributed by atoms with Crippen molar-refractivity contribution in [2.24, 2.45) is 0 Å². The molecule has 3 amide bonds. The molecule has 1 aliphatic rings. The summed E-state index contributed by atoms with van der Waals surface area (Å²) < 4.78 is 0. The first-order chi connectivity index (χ1) is 13.4. The van der Waals surface area contributed by atoms with Crippen molar-refractivity contribution in [3.63, 3.8) is 0 Å². The molecular formula is C21H24N4O3. The minimum Gasteiger partial charge on any atom is -0.347 e. The molecule has 0 spiro atoms. The molecule has 0 bridgehead atoms. The Kier molecular flexibility index (Phi) is 6.03. The number of carbonyl (C=O) groups is 3. The number of carbonyl (C=O) groups excluding carboxylic acids is 3. The van der Waals surface area contributed by atoms with Crippen molar-refractivity contribution in [2.75, 3.05) is 26.2 Å². The maximum absolute atomic E-state index is 12.7. The number of amides is 3. The molecule has 7 nitrogen and oxygen atoms in total.